The molecule has 162 valence electrons. The Morgan fingerprint density at radius 3 is 2.47 bits per heavy atom. The summed E-state index contributed by atoms with van der Waals surface area (Å²) in [5.41, 5.74) is 0.687. The molecule has 10 heteroatoms. The average Bonchev–Trinajstić information content (AvgIpc) is 2.77. The minimum Gasteiger partial charge on any atom is -0.497 e. The summed E-state index contributed by atoms with van der Waals surface area (Å²) in [4.78, 5) is 12.7. The fourth-order valence-electron chi connectivity index (χ4n) is 2.93. The van der Waals surface area contributed by atoms with Gasteiger partial charge in [-0.3, -0.25) is 9.10 Å². The Morgan fingerprint density at radius 1 is 1.07 bits per heavy atom. The largest absolute Gasteiger partial charge is 0.497 e. The van der Waals surface area contributed by atoms with Crippen LogP contribution in [0.5, 0.6) is 23.0 Å². The zero-order chi connectivity index (χ0) is 21.7. The number of ether oxygens (including phenoxy) is 4. The molecule has 2 aromatic carbocycles. The van der Waals surface area contributed by atoms with Gasteiger partial charge in [-0.2, -0.15) is 0 Å². The number of sulfonamides is 1. The molecule has 1 heterocycles. The van der Waals surface area contributed by atoms with Gasteiger partial charge in [0, 0.05) is 12.1 Å². The Hall–Kier alpha value is -3.14. The minimum absolute atomic E-state index is 0.169. The fourth-order valence-corrected chi connectivity index (χ4v) is 3.99. The first-order valence-corrected chi connectivity index (χ1v) is 10.9. The van der Waals surface area contributed by atoms with Crippen molar-refractivity contribution in [2.45, 2.75) is 6.92 Å². The second-order valence-electron chi connectivity index (χ2n) is 6.35. The van der Waals surface area contributed by atoms with Crippen molar-refractivity contribution in [3.8, 4) is 23.0 Å². The quantitative estimate of drug-likeness (QED) is 0.677. The zero-order valence-corrected chi connectivity index (χ0v) is 17.8. The number of hydrogen-bond acceptors (Lipinski definition) is 7. The molecule has 0 unspecified atom stereocenters. The van der Waals surface area contributed by atoms with Crippen LogP contribution in [0.15, 0.2) is 36.4 Å². The molecule has 0 aliphatic carbocycles. The number of nitrogens with one attached hydrogen (secondary N) is 1. The summed E-state index contributed by atoms with van der Waals surface area (Å²) in [5, 5.41) is 2.69. The molecule has 1 aliphatic rings. The van der Waals surface area contributed by atoms with Gasteiger partial charge in [0.1, 0.15) is 31.3 Å². The first-order valence-electron chi connectivity index (χ1n) is 9.30. The van der Waals surface area contributed by atoms with Gasteiger partial charge in [-0.25, -0.2) is 8.42 Å². The summed E-state index contributed by atoms with van der Waals surface area (Å²) in [7, 11) is -0.758. The molecular weight excluding hydrogens is 412 g/mol. The number of fused-ring (bicyclic) bond motifs is 1. The Kier molecular flexibility index (Phi) is 6.56. The molecule has 2 aromatic rings. The van der Waals surface area contributed by atoms with Gasteiger partial charge < -0.3 is 24.3 Å². The van der Waals surface area contributed by atoms with Gasteiger partial charge in [0.25, 0.3) is 0 Å². The van der Waals surface area contributed by atoms with Crippen molar-refractivity contribution in [3.05, 3.63) is 36.4 Å². The summed E-state index contributed by atoms with van der Waals surface area (Å²) in [6.07, 6.45) is 0. The Labute approximate surface area is 175 Å². The standard InChI is InChI=1S/C20H24N2O7S/c1-4-30(24,25)22(14-5-7-18-19(11-14)29-10-9-28-18)13-20(23)21-16-12-15(26-2)6-8-17(16)27-3/h5-8,11-12H,4,9-10,13H2,1-3H3,(H,21,23). The van der Waals surface area contributed by atoms with E-state index in [1.807, 2.05) is 0 Å². The molecule has 0 atom stereocenters. The fraction of sp³-hybridized carbons (Fsp3) is 0.350. The molecule has 9 nitrogen and oxygen atoms in total. The van der Waals surface area contributed by atoms with E-state index >= 15 is 0 Å². The lowest BCUT2D eigenvalue weighted by Crippen LogP contribution is -2.39. The van der Waals surface area contributed by atoms with Crippen LogP contribution in [0.2, 0.25) is 0 Å². The number of hydrogen-bond donors (Lipinski definition) is 1. The molecule has 30 heavy (non-hydrogen) atoms. The van der Waals surface area contributed by atoms with Crippen LogP contribution in [0.4, 0.5) is 11.4 Å². The SMILES string of the molecule is CCS(=O)(=O)N(CC(=O)Nc1cc(OC)ccc1OC)c1ccc2c(c1)OCCO2. The minimum atomic E-state index is -3.74. The maximum absolute atomic E-state index is 12.7. The van der Waals surface area contributed by atoms with Gasteiger partial charge in [-0.05, 0) is 31.2 Å². The van der Waals surface area contributed by atoms with Crippen molar-refractivity contribution >= 4 is 27.3 Å². The van der Waals surface area contributed by atoms with Crippen LogP contribution >= 0.6 is 0 Å². The molecular formula is C20H24N2O7S. The highest BCUT2D eigenvalue weighted by atomic mass is 32.2. The first kappa shape index (κ1) is 21.6. The lowest BCUT2D eigenvalue weighted by atomic mass is 10.2. The van der Waals surface area contributed by atoms with E-state index in [9.17, 15) is 13.2 Å². The highest BCUT2D eigenvalue weighted by molar-refractivity contribution is 7.92. The van der Waals surface area contributed by atoms with Crippen LogP contribution in [-0.2, 0) is 14.8 Å². The number of rotatable bonds is 8. The molecule has 0 saturated heterocycles. The lowest BCUT2D eigenvalue weighted by Gasteiger charge is -2.26. The van der Waals surface area contributed by atoms with E-state index in [0.29, 0.717) is 47.6 Å². The average molecular weight is 436 g/mol. The normalized spacial score (nSPS) is 12.8. The van der Waals surface area contributed by atoms with Crippen LogP contribution in [0, 0.1) is 0 Å². The van der Waals surface area contributed by atoms with E-state index in [4.69, 9.17) is 18.9 Å². The van der Waals surface area contributed by atoms with Crippen LogP contribution in [0.3, 0.4) is 0 Å². The maximum atomic E-state index is 12.7. The number of anilines is 2. The second-order valence-corrected chi connectivity index (χ2v) is 8.53. The Morgan fingerprint density at radius 2 is 1.80 bits per heavy atom. The van der Waals surface area contributed by atoms with Crippen molar-refractivity contribution in [1.29, 1.82) is 0 Å². The van der Waals surface area contributed by atoms with Crippen LogP contribution in [0.25, 0.3) is 0 Å². The molecule has 1 aliphatic heterocycles. The summed E-state index contributed by atoms with van der Waals surface area (Å²) in [6.45, 7) is 1.89. The molecule has 0 aromatic heterocycles. The molecule has 1 N–H and O–H groups in total. The van der Waals surface area contributed by atoms with E-state index in [2.05, 4.69) is 5.32 Å². The number of carbonyl (C=O) groups is 1. The van der Waals surface area contributed by atoms with Crippen LogP contribution in [0.1, 0.15) is 6.92 Å². The van der Waals surface area contributed by atoms with Crippen LogP contribution in [-0.4, -0.2) is 54.1 Å². The predicted octanol–water partition coefficient (Wildman–Crippen LogP) is 2.27. The molecule has 1 amide bonds. The van der Waals surface area contributed by atoms with Gasteiger partial charge in [0.05, 0.1) is 31.3 Å². The van der Waals surface area contributed by atoms with Gasteiger partial charge in [-0.1, -0.05) is 0 Å². The molecule has 0 fully saturated rings. The van der Waals surface area contributed by atoms with Gasteiger partial charge in [0.2, 0.25) is 15.9 Å². The number of benzene rings is 2. The first-order chi connectivity index (χ1) is 14.4. The van der Waals surface area contributed by atoms with E-state index < -0.39 is 22.5 Å². The van der Waals surface area contributed by atoms with Crippen LogP contribution < -0.4 is 28.6 Å². The van der Waals surface area contributed by atoms with Crippen molar-refractivity contribution in [3.63, 3.8) is 0 Å². The predicted molar refractivity (Wildman–Crippen MR) is 112 cm³/mol. The smallest absolute Gasteiger partial charge is 0.245 e. The van der Waals surface area contributed by atoms with Crippen molar-refractivity contribution in [1.82, 2.24) is 0 Å². The summed E-state index contributed by atoms with van der Waals surface area (Å²) < 4.78 is 47.9. The van der Waals surface area contributed by atoms with Crippen molar-refractivity contribution < 1.29 is 32.2 Å². The van der Waals surface area contributed by atoms with E-state index in [-0.39, 0.29) is 5.75 Å². The molecule has 0 saturated carbocycles. The molecule has 0 radical (unpaired) electrons. The van der Waals surface area contributed by atoms with Crippen molar-refractivity contribution in [2.24, 2.45) is 0 Å². The molecule has 3 rings (SSSR count). The van der Waals surface area contributed by atoms with Crippen molar-refractivity contribution in [2.75, 3.05) is 49.4 Å². The third-order valence-electron chi connectivity index (χ3n) is 4.48. The third-order valence-corrected chi connectivity index (χ3v) is 6.22. The molecule has 0 spiro atoms. The van der Waals surface area contributed by atoms with E-state index in [1.165, 1.54) is 21.1 Å². The second kappa shape index (κ2) is 9.12. The number of methoxy groups -OCH3 is 2. The van der Waals surface area contributed by atoms with E-state index in [0.717, 1.165) is 4.31 Å². The summed E-state index contributed by atoms with van der Waals surface area (Å²) in [6, 6.07) is 9.71. The number of amides is 1. The van der Waals surface area contributed by atoms with Gasteiger partial charge >= 0.3 is 0 Å². The summed E-state index contributed by atoms with van der Waals surface area (Å²) >= 11 is 0. The third kappa shape index (κ3) is 4.70. The Balaban J connectivity index is 1.87. The molecule has 0 bridgehead atoms. The lowest BCUT2D eigenvalue weighted by molar-refractivity contribution is -0.114. The zero-order valence-electron chi connectivity index (χ0n) is 17.0. The topological polar surface area (TPSA) is 103 Å². The number of nitrogens with zero attached hydrogens (tertiary/aromatic N) is 1. The van der Waals surface area contributed by atoms with Gasteiger partial charge in [-0.15, -0.1) is 0 Å². The monoisotopic (exact) mass is 436 g/mol. The Bertz CT molecular complexity index is 1020. The van der Waals surface area contributed by atoms with Gasteiger partial charge in [0.15, 0.2) is 11.5 Å². The number of carbonyl (C=O) groups excluding carboxylic acids is 1. The maximum Gasteiger partial charge on any atom is 0.245 e. The highest BCUT2D eigenvalue weighted by Crippen LogP contribution is 2.35. The van der Waals surface area contributed by atoms with E-state index in [1.54, 1.807) is 36.4 Å². The highest BCUT2D eigenvalue weighted by Gasteiger charge is 2.26. The summed E-state index contributed by atoms with van der Waals surface area (Å²) in [5.74, 6) is 1.21.